The highest BCUT2D eigenvalue weighted by atomic mass is 32.2. The Labute approximate surface area is 62.3 Å². The summed E-state index contributed by atoms with van der Waals surface area (Å²) in [5.74, 6) is -2.32. The third-order valence-electron chi connectivity index (χ3n) is 0.968. The Morgan fingerprint density at radius 3 is 2.20 bits per heavy atom. The Balaban J connectivity index is 2.59. The van der Waals surface area contributed by atoms with Crippen LogP contribution < -0.4 is 0 Å². The molecule has 10 heavy (non-hydrogen) atoms. The van der Waals surface area contributed by atoms with Gasteiger partial charge in [0.05, 0.1) is 0 Å². The maximum atomic E-state index is 11.7. The molecule has 0 unspecified atom stereocenters. The van der Waals surface area contributed by atoms with Crippen molar-refractivity contribution >= 4 is 11.8 Å². The van der Waals surface area contributed by atoms with E-state index < -0.39 is 5.76 Å². The van der Waals surface area contributed by atoms with Gasteiger partial charge in [-0.3, -0.25) is 0 Å². The van der Waals surface area contributed by atoms with Gasteiger partial charge in [-0.1, -0.05) is 30.0 Å². The molecule has 0 fully saturated rings. The summed E-state index contributed by atoms with van der Waals surface area (Å²) in [6, 6.07) is 8.61. The summed E-state index contributed by atoms with van der Waals surface area (Å²) >= 11 is 0.565. The number of thioether (sulfide) groups is 1. The number of alkyl halides is 2. The first-order chi connectivity index (χ1) is 4.79. The summed E-state index contributed by atoms with van der Waals surface area (Å²) in [6.45, 7) is 0. The van der Waals surface area contributed by atoms with Crippen molar-refractivity contribution in [1.82, 2.24) is 0 Å². The van der Waals surface area contributed by atoms with Gasteiger partial charge in [0.25, 0.3) is 5.76 Å². The Morgan fingerprint density at radius 1 is 1.10 bits per heavy atom. The first kappa shape index (κ1) is 7.54. The van der Waals surface area contributed by atoms with Crippen LogP contribution in [0.3, 0.4) is 0 Å². The number of hydrogen-bond acceptors (Lipinski definition) is 1. The molecule has 0 atom stereocenters. The first-order valence-electron chi connectivity index (χ1n) is 2.79. The zero-order valence-corrected chi connectivity index (χ0v) is 5.94. The lowest BCUT2D eigenvalue weighted by molar-refractivity contribution is 0.252. The SMILES string of the molecule is FC(F)Sc1ccccc1. The summed E-state index contributed by atoms with van der Waals surface area (Å²) in [4.78, 5) is 0.609. The van der Waals surface area contributed by atoms with Gasteiger partial charge >= 0.3 is 0 Å². The van der Waals surface area contributed by atoms with Crippen LogP contribution in [0.25, 0.3) is 0 Å². The second-order valence-electron chi connectivity index (χ2n) is 1.69. The van der Waals surface area contributed by atoms with Crippen LogP contribution in [-0.4, -0.2) is 5.76 Å². The van der Waals surface area contributed by atoms with E-state index in [2.05, 4.69) is 0 Å². The molecule has 0 aliphatic heterocycles. The second kappa shape index (κ2) is 3.56. The van der Waals surface area contributed by atoms with E-state index >= 15 is 0 Å². The molecule has 0 aromatic heterocycles. The molecule has 0 radical (unpaired) electrons. The minimum absolute atomic E-state index is 0.565. The standard InChI is InChI=1S/C7H6F2S/c8-7(9)10-6-4-2-1-3-5-6/h1-5,7H. The average Bonchev–Trinajstić information content (AvgIpc) is 1.88. The molecule has 3 heteroatoms. The molecule has 0 nitrogen and oxygen atoms in total. The van der Waals surface area contributed by atoms with E-state index in [-0.39, 0.29) is 0 Å². The van der Waals surface area contributed by atoms with Crippen LogP contribution in [0, 0.1) is 0 Å². The lowest BCUT2D eigenvalue weighted by atomic mass is 10.4. The van der Waals surface area contributed by atoms with Gasteiger partial charge in [-0.2, -0.15) is 8.78 Å². The summed E-state index contributed by atoms with van der Waals surface area (Å²) in [6.07, 6.45) is 0. The van der Waals surface area contributed by atoms with Gasteiger partial charge in [0, 0.05) is 4.90 Å². The van der Waals surface area contributed by atoms with Crippen LogP contribution in [0.2, 0.25) is 0 Å². The lowest BCUT2D eigenvalue weighted by Crippen LogP contribution is -1.79. The van der Waals surface area contributed by atoms with E-state index in [1.807, 2.05) is 0 Å². The summed E-state index contributed by atoms with van der Waals surface area (Å²) in [5, 5.41) is 0. The number of rotatable bonds is 2. The van der Waals surface area contributed by atoms with Crippen molar-refractivity contribution in [2.24, 2.45) is 0 Å². The maximum absolute atomic E-state index is 11.7. The predicted octanol–water partition coefficient (Wildman–Crippen LogP) is 3.00. The van der Waals surface area contributed by atoms with Crippen LogP contribution in [0.5, 0.6) is 0 Å². The Bertz CT molecular complexity index is 186. The maximum Gasteiger partial charge on any atom is 0.288 e. The first-order valence-corrected chi connectivity index (χ1v) is 3.67. The highest BCUT2D eigenvalue weighted by molar-refractivity contribution is 7.99. The molecule has 1 aromatic carbocycles. The predicted molar refractivity (Wildman–Crippen MR) is 38.3 cm³/mol. The van der Waals surface area contributed by atoms with Crippen molar-refractivity contribution in [3.8, 4) is 0 Å². The second-order valence-corrected chi connectivity index (χ2v) is 2.76. The summed E-state index contributed by atoms with van der Waals surface area (Å²) < 4.78 is 23.4. The Morgan fingerprint density at radius 2 is 1.70 bits per heavy atom. The topological polar surface area (TPSA) is 0 Å². The fraction of sp³-hybridized carbons (Fsp3) is 0.143. The van der Waals surface area contributed by atoms with Crippen molar-refractivity contribution in [1.29, 1.82) is 0 Å². The van der Waals surface area contributed by atoms with Crippen molar-refractivity contribution in [2.75, 3.05) is 0 Å². The highest BCUT2D eigenvalue weighted by Crippen LogP contribution is 2.23. The smallest absolute Gasteiger partial charge is 0.198 e. The Hall–Kier alpha value is -0.570. The molecule has 54 valence electrons. The van der Waals surface area contributed by atoms with Crippen LogP contribution in [0.4, 0.5) is 8.78 Å². The molecule has 0 amide bonds. The van der Waals surface area contributed by atoms with Crippen LogP contribution in [0.15, 0.2) is 35.2 Å². The molecule has 1 rings (SSSR count). The quantitative estimate of drug-likeness (QED) is 0.599. The fourth-order valence-corrected chi connectivity index (χ4v) is 1.12. The number of benzene rings is 1. The van der Waals surface area contributed by atoms with Crippen molar-refractivity contribution in [3.05, 3.63) is 30.3 Å². The monoisotopic (exact) mass is 160 g/mol. The van der Waals surface area contributed by atoms with Gasteiger partial charge in [-0.25, -0.2) is 0 Å². The van der Waals surface area contributed by atoms with Crippen LogP contribution >= 0.6 is 11.8 Å². The van der Waals surface area contributed by atoms with Gasteiger partial charge in [0.2, 0.25) is 0 Å². The lowest BCUT2D eigenvalue weighted by Gasteiger charge is -1.96. The molecule has 0 spiro atoms. The largest absolute Gasteiger partial charge is 0.288 e. The fourth-order valence-electron chi connectivity index (χ4n) is 0.602. The third-order valence-corrected chi connectivity index (χ3v) is 1.69. The molecule has 0 saturated heterocycles. The summed E-state index contributed by atoms with van der Waals surface area (Å²) in [5.41, 5.74) is 0. The molecule has 0 heterocycles. The number of hydrogen-bond donors (Lipinski definition) is 0. The van der Waals surface area contributed by atoms with E-state index in [0.29, 0.717) is 16.7 Å². The van der Waals surface area contributed by atoms with Gasteiger partial charge < -0.3 is 0 Å². The van der Waals surface area contributed by atoms with Crippen LogP contribution in [0.1, 0.15) is 0 Å². The average molecular weight is 160 g/mol. The van der Waals surface area contributed by atoms with Gasteiger partial charge in [-0.15, -0.1) is 0 Å². The van der Waals surface area contributed by atoms with E-state index in [1.165, 1.54) is 0 Å². The molecule has 1 aromatic rings. The van der Waals surface area contributed by atoms with Crippen LogP contribution in [-0.2, 0) is 0 Å². The van der Waals surface area contributed by atoms with Crippen molar-refractivity contribution in [3.63, 3.8) is 0 Å². The molecular formula is C7H6F2S. The zero-order chi connectivity index (χ0) is 7.40. The molecular weight excluding hydrogens is 154 g/mol. The summed E-state index contributed by atoms with van der Waals surface area (Å²) in [7, 11) is 0. The zero-order valence-electron chi connectivity index (χ0n) is 5.13. The molecule has 0 aliphatic rings. The van der Waals surface area contributed by atoms with E-state index in [9.17, 15) is 8.78 Å². The van der Waals surface area contributed by atoms with E-state index in [0.717, 1.165) is 0 Å². The Kier molecular flexibility index (Phi) is 2.68. The van der Waals surface area contributed by atoms with Gasteiger partial charge in [-0.05, 0) is 12.1 Å². The van der Waals surface area contributed by atoms with Gasteiger partial charge in [0.1, 0.15) is 0 Å². The minimum atomic E-state index is -2.32. The number of halogens is 2. The molecule has 0 saturated carbocycles. The third kappa shape index (κ3) is 2.35. The minimum Gasteiger partial charge on any atom is -0.198 e. The molecule has 0 aliphatic carbocycles. The molecule has 0 bridgehead atoms. The van der Waals surface area contributed by atoms with E-state index in [4.69, 9.17) is 0 Å². The van der Waals surface area contributed by atoms with E-state index in [1.54, 1.807) is 30.3 Å². The van der Waals surface area contributed by atoms with Gasteiger partial charge in [0.15, 0.2) is 0 Å². The normalized spacial score (nSPS) is 10.3. The van der Waals surface area contributed by atoms with Crippen molar-refractivity contribution in [2.45, 2.75) is 10.7 Å². The molecule has 0 N–H and O–H groups in total. The van der Waals surface area contributed by atoms with Crippen molar-refractivity contribution < 1.29 is 8.78 Å². The highest BCUT2D eigenvalue weighted by Gasteiger charge is 2.02.